The maximum absolute atomic E-state index is 12.8. The van der Waals surface area contributed by atoms with E-state index >= 15 is 0 Å². The average Bonchev–Trinajstić information content (AvgIpc) is 3.33. The molecule has 9 nitrogen and oxygen atoms in total. The van der Waals surface area contributed by atoms with Crippen LogP contribution in [0.15, 0.2) is 53.7 Å². The fourth-order valence-electron chi connectivity index (χ4n) is 4.73. The summed E-state index contributed by atoms with van der Waals surface area (Å²) >= 11 is 0. The molecule has 0 bridgehead atoms. The summed E-state index contributed by atoms with van der Waals surface area (Å²) in [7, 11) is 1.37. The first-order valence-corrected chi connectivity index (χ1v) is 11.8. The number of rotatable bonds is 6. The number of urea groups is 1. The van der Waals surface area contributed by atoms with Crippen LogP contribution in [0.4, 0.5) is 4.79 Å². The number of nitrogens with one attached hydrogen (secondary N) is 2. The number of esters is 1. The van der Waals surface area contributed by atoms with Gasteiger partial charge in [-0.15, -0.1) is 0 Å². The number of hydrogen-bond donors (Lipinski definition) is 2. The van der Waals surface area contributed by atoms with E-state index < -0.39 is 12.0 Å². The van der Waals surface area contributed by atoms with Crippen LogP contribution < -0.4 is 20.1 Å². The molecule has 3 heterocycles. The van der Waals surface area contributed by atoms with Crippen molar-refractivity contribution in [3.8, 4) is 11.5 Å². The quantitative estimate of drug-likeness (QED) is 0.616. The highest BCUT2D eigenvalue weighted by atomic mass is 16.7. The van der Waals surface area contributed by atoms with Crippen LogP contribution in [-0.4, -0.2) is 68.4 Å². The van der Waals surface area contributed by atoms with E-state index in [9.17, 15) is 9.59 Å². The molecule has 9 heteroatoms. The van der Waals surface area contributed by atoms with Gasteiger partial charge in [-0.25, -0.2) is 9.59 Å². The van der Waals surface area contributed by atoms with Gasteiger partial charge in [-0.2, -0.15) is 0 Å². The fraction of sp³-hybridized carbons (Fsp3) is 0.385. The van der Waals surface area contributed by atoms with E-state index in [1.54, 1.807) is 0 Å². The molecule has 3 aliphatic rings. The molecule has 2 aromatic rings. The first-order valence-electron chi connectivity index (χ1n) is 11.8. The summed E-state index contributed by atoms with van der Waals surface area (Å²) in [5.41, 5.74) is 4.17. The molecule has 2 N–H and O–H groups in total. The van der Waals surface area contributed by atoms with Crippen LogP contribution >= 0.6 is 0 Å². The monoisotopic (exact) mass is 478 g/mol. The minimum Gasteiger partial charge on any atom is -0.466 e. The number of aryl methyl sites for hydroxylation is 1. The van der Waals surface area contributed by atoms with Crippen molar-refractivity contribution in [2.45, 2.75) is 19.5 Å². The molecular formula is C26H30N4O5. The summed E-state index contributed by atoms with van der Waals surface area (Å²) < 4.78 is 16.0. The van der Waals surface area contributed by atoms with Crippen molar-refractivity contribution >= 4 is 12.0 Å². The van der Waals surface area contributed by atoms with Crippen molar-refractivity contribution in [3.05, 3.63) is 70.4 Å². The van der Waals surface area contributed by atoms with E-state index in [0.717, 1.165) is 55.3 Å². The van der Waals surface area contributed by atoms with Crippen LogP contribution in [0, 0.1) is 6.92 Å². The van der Waals surface area contributed by atoms with Crippen LogP contribution in [0.3, 0.4) is 0 Å². The molecule has 5 rings (SSSR count). The third-order valence-electron chi connectivity index (χ3n) is 6.66. The average molecular weight is 479 g/mol. The molecule has 1 atom stereocenters. The van der Waals surface area contributed by atoms with Crippen molar-refractivity contribution < 1.29 is 23.8 Å². The number of carbonyl (C=O) groups excluding carboxylic acids is 2. The minimum absolute atomic E-state index is 0.275. The number of piperazine rings is 1. The van der Waals surface area contributed by atoms with Crippen LogP contribution in [0.2, 0.25) is 0 Å². The number of fused-ring (bicyclic) bond motifs is 1. The van der Waals surface area contributed by atoms with Gasteiger partial charge in [-0.05, 0) is 30.2 Å². The lowest BCUT2D eigenvalue weighted by Gasteiger charge is -2.37. The first kappa shape index (κ1) is 23.2. The molecular weight excluding hydrogens is 448 g/mol. The lowest BCUT2D eigenvalue weighted by Crippen LogP contribution is -2.51. The second-order valence-corrected chi connectivity index (χ2v) is 9.07. The molecule has 0 radical (unpaired) electrons. The summed E-state index contributed by atoms with van der Waals surface area (Å²) in [4.78, 5) is 29.9. The van der Waals surface area contributed by atoms with Crippen molar-refractivity contribution in [1.82, 2.24) is 20.4 Å². The highest BCUT2D eigenvalue weighted by Crippen LogP contribution is 2.33. The van der Waals surface area contributed by atoms with Crippen molar-refractivity contribution in [2.24, 2.45) is 0 Å². The van der Waals surface area contributed by atoms with Crippen LogP contribution in [0.1, 0.15) is 22.7 Å². The molecule has 3 aliphatic heterocycles. The smallest absolute Gasteiger partial charge is 0.338 e. The molecule has 0 spiro atoms. The highest BCUT2D eigenvalue weighted by Gasteiger charge is 2.34. The molecule has 2 amide bonds. The molecule has 1 saturated heterocycles. The summed E-state index contributed by atoms with van der Waals surface area (Å²) in [6.45, 7) is 6.97. The normalized spacial score (nSPS) is 20.4. The van der Waals surface area contributed by atoms with Gasteiger partial charge in [-0.1, -0.05) is 35.9 Å². The minimum atomic E-state index is -0.556. The lowest BCUT2D eigenvalue weighted by atomic mass is 9.94. The van der Waals surface area contributed by atoms with Crippen molar-refractivity contribution in [3.63, 3.8) is 0 Å². The number of benzene rings is 2. The van der Waals surface area contributed by atoms with Crippen molar-refractivity contribution in [1.29, 1.82) is 0 Å². The molecule has 0 aromatic heterocycles. The molecule has 184 valence electrons. The molecule has 0 saturated carbocycles. The maximum Gasteiger partial charge on any atom is 0.338 e. The number of methoxy groups -OCH3 is 1. The molecule has 2 aromatic carbocycles. The lowest BCUT2D eigenvalue weighted by molar-refractivity contribution is -0.136. The van der Waals surface area contributed by atoms with Crippen LogP contribution in [-0.2, 0) is 16.1 Å². The van der Waals surface area contributed by atoms with Crippen LogP contribution in [0.5, 0.6) is 11.5 Å². The fourth-order valence-corrected chi connectivity index (χ4v) is 4.73. The first-order chi connectivity index (χ1) is 17.0. The third kappa shape index (κ3) is 5.11. The Hall–Kier alpha value is -3.56. The van der Waals surface area contributed by atoms with Gasteiger partial charge in [0.2, 0.25) is 6.79 Å². The zero-order valence-corrected chi connectivity index (χ0v) is 20.0. The summed E-state index contributed by atoms with van der Waals surface area (Å²) in [5, 5.41) is 5.74. The Morgan fingerprint density at radius 1 is 1.00 bits per heavy atom. The van der Waals surface area contributed by atoms with Gasteiger partial charge in [0.15, 0.2) is 11.5 Å². The van der Waals surface area contributed by atoms with E-state index in [-0.39, 0.29) is 12.8 Å². The second-order valence-electron chi connectivity index (χ2n) is 9.07. The molecule has 0 aliphatic carbocycles. The van der Waals surface area contributed by atoms with Crippen molar-refractivity contribution in [2.75, 3.05) is 46.6 Å². The van der Waals surface area contributed by atoms with E-state index in [1.807, 2.05) is 43.3 Å². The summed E-state index contributed by atoms with van der Waals surface area (Å²) in [6.07, 6.45) is 0. The molecule has 0 unspecified atom stereocenters. The van der Waals surface area contributed by atoms with E-state index in [0.29, 0.717) is 17.8 Å². The number of amides is 2. The Labute approximate surface area is 204 Å². The second kappa shape index (κ2) is 9.97. The summed E-state index contributed by atoms with van der Waals surface area (Å²) in [6, 6.07) is 13.0. The largest absolute Gasteiger partial charge is 0.466 e. The third-order valence-corrected chi connectivity index (χ3v) is 6.66. The van der Waals surface area contributed by atoms with Gasteiger partial charge in [-0.3, -0.25) is 9.80 Å². The van der Waals surface area contributed by atoms with Crippen LogP contribution in [0.25, 0.3) is 0 Å². The van der Waals surface area contributed by atoms with E-state index in [2.05, 4.69) is 26.5 Å². The Bertz CT molecular complexity index is 1140. The predicted octanol–water partition coefficient (Wildman–Crippen LogP) is 2.32. The number of carbonyl (C=O) groups is 2. The SMILES string of the molecule is COC(=O)C1=C(CN2CCN(Cc3ccc4c(c3)OCO4)CC2)NC(=O)N[C@@H]1c1ccc(C)cc1. The predicted molar refractivity (Wildman–Crippen MR) is 129 cm³/mol. The standard InChI is InChI=1S/C26H30N4O5/c1-17-3-6-19(7-4-17)24-23(25(31)33-2)20(27-26(32)28-24)15-30-11-9-29(10-12-30)14-18-5-8-21-22(13-18)35-16-34-21/h3-8,13,24H,9-12,14-16H2,1-2H3,(H2,27,28,32)/t24-/m1/s1. The number of hydrogen-bond acceptors (Lipinski definition) is 7. The zero-order chi connectivity index (χ0) is 24.4. The van der Waals surface area contributed by atoms with Gasteiger partial charge in [0.25, 0.3) is 0 Å². The number of nitrogens with zero attached hydrogens (tertiary/aromatic N) is 2. The molecule has 35 heavy (non-hydrogen) atoms. The van der Waals surface area contributed by atoms with Gasteiger partial charge >= 0.3 is 12.0 Å². The van der Waals surface area contributed by atoms with Gasteiger partial charge in [0.1, 0.15) is 0 Å². The molecule has 1 fully saturated rings. The van der Waals surface area contributed by atoms with Gasteiger partial charge in [0.05, 0.1) is 18.7 Å². The van der Waals surface area contributed by atoms with Gasteiger partial charge in [0, 0.05) is 45.0 Å². The topological polar surface area (TPSA) is 92.4 Å². The maximum atomic E-state index is 12.8. The number of ether oxygens (including phenoxy) is 3. The Morgan fingerprint density at radius 2 is 1.69 bits per heavy atom. The van der Waals surface area contributed by atoms with Gasteiger partial charge < -0.3 is 24.8 Å². The van der Waals surface area contributed by atoms with E-state index in [4.69, 9.17) is 14.2 Å². The highest BCUT2D eigenvalue weighted by molar-refractivity contribution is 5.95. The Kier molecular flexibility index (Phi) is 6.61. The Balaban J connectivity index is 1.27. The Morgan fingerprint density at radius 3 is 2.40 bits per heavy atom. The summed E-state index contributed by atoms with van der Waals surface area (Å²) in [5.74, 6) is 1.15. The van der Waals surface area contributed by atoms with E-state index in [1.165, 1.54) is 12.7 Å². The zero-order valence-electron chi connectivity index (χ0n) is 20.0.